The third kappa shape index (κ3) is 1.74. The zero-order chi connectivity index (χ0) is 11.0. The zero-order valence-electron chi connectivity index (χ0n) is 7.66. The van der Waals surface area contributed by atoms with E-state index in [4.69, 9.17) is 21.4 Å². The molecule has 2 rings (SSSR count). The van der Waals surface area contributed by atoms with Crippen LogP contribution in [0.3, 0.4) is 0 Å². The average molecular weight is 223 g/mol. The van der Waals surface area contributed by atoms with Crippen molar-refractivity contribution in [1.29, 1.82) is 0 Å². The first-order valence-electron chi connectivity index (χ1n) is 4.19. The fourth-order valence-electron chi connectivity index (χ4n) is 1.33. The van der Waals surface area contributed by atoms with Gasteiger partial charge in [-0.25, -0.2) is 4.79 Å². The summed E-state index contributed by atoms with van der Waals surface area (Å²) < 4.78 is 5.16. The second kappa shape index (κ2) is 3.44. The van der Waals surface area contributed by atoms with Gasteiger partial charge in [0.1, 0.15) is 5.75 Å². The highest BCUT2D eigenvalue weighted by atomic mass is 35.5. The largest absolute Gasteiger partial charge is 0.475 e. The molecule has 3 nitrogen and oxygen atoms in total. The van der Waals surface area contributed by atoms with Crippen molar-refractivity contribution in [2.45, 2.75) is 0 Å². The van der Waals surface area contributed by atoms with Gasteiger partial charge < -0.3 is 9.84 Å². The Kier molecular flexibility index (Phi) is 2.25. The number of benzene rings is 1. The third-order valence-electron chi connectivity index (χ3n) is 2.02. The summed E-state index contributed by atoms with van der Waals surface area (Å²) in [7, 11) is 0. The Morgan fingerprint density at radius 3 is 2.87 bits per heavy atom. The summed E-state index contributed by atoms with van der Waals surface area (Å²) in [6, 6.07) is 4.95. The van der Waals surface area contributed by atoms with E-state index in [0.29, 0.717) is 21.9 Å². The van der Waals surface area contributed by atoms with Gasteiger partial charge in [-0.2, -0.15) is 0 Å². The fourth-order valence-corrected chi connectivity index (χ4v) is 1.50. The number of halogens is 1. The van der Waals surface area contributed by atoms with Crippen molar-refractivity contribution < 1.29 is 14.6 Å². The minimum absolute atomic E-state index is 0.130. The fraction of sp³-hybridized carbons (Fsp3) is 0. The Morgan fingerprint density at radius 2 is 2.20 bits per heavy atom. The van der Waals surface area contributed by atoms with Crippen LogP contribution in [-0.4, -0.2) is 11.1 Å². The van der Waals surface area contributed by atoms with Gasteiger partial charge in [-0.05, 0) is 29.8 Å². The van der Waals surface area contributed by atoms with Crippen molar-refractivity contribution in [3.63, 3.8) is 0 Å². The van der Waals surface area contributed by atoms with E-state index in [9.17, 15) is 4.79 Å². The van der Waals surface area contributed by atoms with Gasteiger partial charge in [0.25, 0.3) is 0 Å². The molecule has 15 heavy (non-hydrogen) atoms. The van der Waals surface area contributed by atoms with Crippen molar-refractivity contribution in [2.24, 2.45) is 0 Å². The first-order valence-corrected chi connectivity index (χ1v) is 4.57. The Balaban J connectivity index is 2.49. The van der Waals surface area contributed by atoms with Crippen LogP contribution in [0.1, 0.15) is 5.56 Å². The number of carbonyl (C=O) groups is 1. The maximum absolute atomic E-state index is 10.7. The van der Waals surface area contributed by atoms with Crippen LogP contribution in [0, 0.1) is 0 Å². The Hall–Kier alpha value is -1.74. The molecule has 0 bridgehead atoms. The van der Waals surface area contributed by atoms with Crippen molar-refractivity contribution in [1.82, 2.24) is 0 Å². The number of rotatable bonds is 1. The van der Waals surface area contributed by atoms with Crippen LogP contribution < -0.4 is 4.74 Å². The summed E-state index contributed by atoms with van der Waals surface area (Å²) in [6.45, 7) is 3.75. The molecule has 0 amide bonds. The third-order valence-corrected chi connectivity index (χ3v) is 2.26. The summed E-state index contributed by atoms with van der Waals surface area (Å²) in [5.41, 5.74) is 1.30. The van der Waals surface area contributed by atoms with E-state index in [-0.39, 0.29) is 5.76 Å². The molecule has 1 N–H and O–H groups in total. The predicted molar refractivity (Wildman–Crippen MR) is 56.8 cm³/mol. The number of aliphatic carboxylic acids is 1. The molecule has 0 atom stereocenters. The number of carboxylic acids is 1. The number of ether oxygens (including phenoxy) is 1. The highest BCUT2D eigenvalue weighted by molar-refractivity contribution is 6.30. The van der Waals surface area contributed by atoms with Gasteiger partial charge in [0.05, 0.1) is 0 Å². The summed E-state index contributed by atoms with van der Waals surface area (Å²) in [4.78, 5) is 10.7. The van der Waals surface area contributed by atoms with E-state index in [1.165, 1.54) is 6.08 Å². The van der Waals surface area contributed by atoms with Crippen LogP contribution >= 0.6 is 11.6 Å². The minimum Gasteiger partial charge on any atom is -0.475 e. The van der Waals surface area contributed by atoms with Gasteiger partial charge in [-0.1, -0.05) is 18.2 Å². The molecule has 0 spiro atoms. The minimum atomic E-state index is -1.11. The van der Waals surface area contributed by atoms with Gasteiger partial charge >= 0.3 is 5.97 Å². The SMILES string of the molecule is C=C1C=C(C(=O)O)Oc2ccc(Cl)cc21. The van der Waals surface area contributed by atoms with Crippen LogP contribution in [-0.2, 0) is 4.79 Å². The molecule has 1 aromatic carbocycles. The van der Waals surface area contributed by atoms with E-state index in [1.807, 2.05) is 0 Å². The first-order chi connectivity index (χ1) is 7.08. The lowest BCUT2D eigenvalue weighted by molar-refractivity contribution is -0.135. The van der Waals surface area contributed by atoms with Crippen molar-refractivity contribution >= 4 is 23.1 Å². The van der Waals surface area contributed by atoms with Crippen LogP contribution in [0.4, 0.5) is 0 Å². The number of hydrogen-bond acceptors (Lipinski definition) is 2. The van der Waals surface area contributed by atoms with Crippen LogP contribution in [0.15, 0.2) is 36.6 Å². The molecule has 1 aliphatic heterocycles. The van der Waals surface area contributed by atoms with Gasteiger partial charge in [-0.15, -0.1) is 0 Å². The second-order valence-corrected chi connectivity index (χ2v) is 3.52. The molecule has 0 saturated carbocycles. The van der Waals surface area contributed by atoms with Crippen molar-refractivity contribution in [3.05, 3.63) is 47.2 Å². The van der Waals surface area contributed by atoms with Gasteiger partial charge in [0, 0.05) is 10.6 Å². The maximum atomic E-state index is 10.7. The summed E-state index contributed by atoms with van der Waals surface area (Å²) >= 11 is 5.81. The number of carboxylic acid groups (broad SMARTS) is 1. The number of hydrogen-bond donors (Lipinski definition) is 1. The number of fused-ring (bicyclic) bond motifs is 1. The van der Waals surface area contributed by atoms with E-state index < -0.39 is 5.97 Å². The standard InChI is InChI=1S/C11H7ClO3/c1-6-4-10(11(13)14)15-9-3-2-7(12)5-8(6)9/h2-5H,1H2,(H,13,14). The molecule has 76 valence electrons. The lowest BCUT2D eigenvalue weighted by Gasteiger charge is -2.17. The van der Waals surface area contributed by atoms with E-state index in [1.54, 1.807) is 18.2 Å². The topological polar surface area (TPSA) is 46.5 Å². The van der Waals surface area contributed by atoms with Crippen molar-refractivity contribution in [2.75, 3.05) is 0 Å². The highest BCUT2D eigenvalue weighted by Gasteiger charge is 2.19. The molecular weight excluding hydrogens is 216 g/mol. The van der Waals surface area contributed by atoms with E-state index in [0.717, 1.165) is 0 Å². The molecule has 0 aliphatic carbocycles. The molecule has 0 unspecified atom stereocenters. The molecule has 0 radical (unpaired) electrons. The second-order valence-electron chi connectivity index (χ2n) is 3.08. The Labute approximate surface area is 91.2 Å². The van der Waals surface area contributed by atoms with Crippen LogP contribution in [0.5, 0.6) is 5.75 Å². The monoisotopic (exact) mass is 222 g/mol. The lowest BCUT2D eigenvalue weighted by atomic mass is 10.0. The quantitative estimate of drug-likeness (QED) is 0.795. The van der Waals surface area contributed by atoms with Gasteiger partial charge in [0.2, 0.25) is 5.76 Å². The Morgan fingerprint density at radius 1 is 1.47 bits per heavy atom. The lowest BCUT2D eigenvalue weighted by Crippen LogP contribution is -2.12. The summed E-state index contributed by atoms with van der Waals surface area (Å²) in [6.07, 6.45) is 1.38. The van der Waals surface area contributed by atoms with E-state index in [2.05, 4.69) is 6.58 Å². The molecule has 0 saturated heterocycles. The molecule has 1 aliphatic rings. The van der Waals surface area contributed by atoms with Crippen LogP contribution in [0.2, 0.25) is 5.02 Å². The maximum Gasteiger partial charge on any atom is 0.371 e. The highest BCUT2D eigenvalue weighted by Crippen LogP contribution is 2.34. The normalized spacial score (nSPS) is 13.9. The summed E-state index contributed by atoms with van der Waals surface area (Å²) in [5.74, 6) is -0.782. The summed E-state index contributed by atoms with van der Waals surface area (Å²) in [5, 5.41) is 9.34. The Bertz CT molecular complexity index is 489. The molecule has 0 fully saturated rings. The van der Waals surface area contributed by atoms with Crippen LogP contribution in [0.25, 0.3) is 5.57 Å². The smallest absolute Gasteiger partial charge is 0.371 e. The predicted octanol–water partition coefficient (Wildman–Crippen LogP) is 2.71. The molecule has 1 heterocycles. The molecule has 1 aromatic rings. The average Bonchev–Trinajstić information content (AvgIpc) is 2.18. The molecular formula is C11H7ClO3. The van der Waals surface area contributed by atoms with E-state index >= 15 is 0 Å². The molecule has 0 aromatic heterocycles. The molecule has 4 heteroatoms. The van der Waals surface area contributed by atoms with Gasteiger partial charge in [-0.3, -0.25) is 0 Å². The first kappa shape index (κ1) is 9.80. The number of allylic oxidation sites excluding steroid dienone is 2. The zero-order valence-corrected chi connectivity index (χ0v) is 8.41. The van der Waals surface area contributed by atoms with Gasteiger partial charge in [0.15, 0.2) is 0 Å². The van der Waals surface area contributed by atoms with Crippen molar-refractivity contribution in [3.8, 4) is 5.75 Å².